The fraction of sp³-hybridized carbons (Fsp3) is 0.185. The zero-order valence-electron chi connectivity index (χ0n) is 19.8. The summed E-state index contributed by atoms with van der Waals surface area (Å²) in [7, 11) is 0. The molecule has 35 heavy (non-hydrogen) atoms. The number of amides is 1. The molecule has 0 bridgehead atoms. The van der Waals surface area contributed by atoms with Gasteiger partial charge in [-0.2, -0.15) is 10.2 Å². The van der Waals surface area contributed by atoms with Crippen molar-refractivity contribution in [2.24, 2.45) is 0 Å². The van der Waals surface area contributed by atoms with E-state index in [-0.39, 0.29) is 12.5 Å². The quantitative estimate of drug-likeness (QED) is 0.308. The minimum absolute atomic E-state index is 0.0489. The Hall–Kier alpha value is -3.78. The average molecular weight is 529 g/mol. The van der Waals surface area contributed by atoms with Gasteiger partial charge in [-0.05, 0) is 55.7 Å². The first-order valence-corrected chi connectivity index (χ1v) is 12.1. The zero-order chi connectivity index (χ0) is 24.5. The molecule has 8 heteroatoms. The summed E-state index contributed by atoms with van der Waals surface area (Å²) in [5.41, 5.74) is 6.99. The van der Waals surface area contributed by atoms with Gasteiger partial charge in [-0.1, -0.05) is 57.9 Å². The molecule has 3 aromatic heterocycles. The number of carbonyl (C=O) groups excluding carboxylic acids is 1. The Morgan fingerprint density at radius 3 is 2.43 bits per heavy atom. The number of fused-ring (bicyclic) bond motifs is 1. The van der Waals surface area contributed by atoms with Gasteiger partial charge in [-0.15, -0.1) is 0 Å². The third-order valence-electron chi connectivity index (χ3n) is 5.96. The van der Waals surface area contributed by atoms with E-state index in [0.717, 1.165) is 37.9 Å². The van der Waals surface area contributed by atoms with E-state index in [1.807, 2.05) is 54.9 Å². The zero-order valence-corrected chi connectivity index (χ0v) is 21.4. The number of pyridine rings is 1. The number of benzene rings is 2. The van der Waals surface area contributed by atoms with Crippen molar-refractivity contribution in [3.8, 4) is 11.1 Å². The lowest BCUT2D eigenvalue weighted by atomic mass is 10.0. The van der Waals surface area contributed by atoms with Gasteiger partial charge in [0, 0.05) is 27.8 Å². The highest BCUT2D eigenvalue weighted by Gasteiger charge is 2.17. The number of anilines is 1. The van der Waals surface area contributed by atoms with Gasteiger partial charge in [-0.3, -0.25) is 9.48 Å². The van der Waals surface area contributed by atoms with Gasteiger partial charge in [0.25, 0.3) is 0 Å². The molecular formula is C27H25BrN6O. The van der Waals surface area contributed by atoms with E-state index in [1.165, 1.54) is 5.56 Å². The van der Waals surface area contributed by atoms with Crippen LogP contribution in [0.2, 0.25) is 0 Å². The highest BCUT2D eigenvalue weighted by molar-refractivity contribution is 9.10. The van der Waals surface area contributed by atoms with Crippen LogP contribution in [0, 0.1) is 20.8 Å². The number of aryl methyl sites for hydroxylation is 3. The van der Waals surface area contributed by atoms with Crippen LogP contribution in [0.15, 0.2) is 71.3 Å². The predicted octanol–water partition coefficient (Wildman–Crippen LogP) is 5.67. The Balaban J connectivity index is 1.35. The van der Waals surface area contributed by atoms with Crippen molar-refractivity contribution in [3.63, 3.8) is 0 Å². The minimum atomic E-state index is -0.203. The number of hydrogen-bond acceptors (Lipinski definition) is 4. The van der Waals surface area contributed by atoms with Crippen molar-refractivity contribution < 1.29 is 4.79 Å². The second kappa shape index (κ2) is 9.46. The Bertz CT molecular complexity index is 1520. The van der Waals surface area contributed by atoms with E-state index in [1.54, 1.807) is 10.9 Å². The maximum Gasteiger partial charge on any atom is 0.247 e. The maximum absolute atomic E-state index is 12.9. The van der Waals surface area contributed by atoms with E-state index in [9.17, 15) is 4.79 Å². The minimum Gasteiger partial charge on any atom is -0.308 e. The van der Waals surface area contributed by atoms with E-state index < -0.39 is 0 Å². The van der Waals surface area contributed by atoms with Gasteiger partial charge in [0.1, 0.15) is 6.54 Å². The Morgan fingerprint density at radius 1 is 0.943 bits per heavy atom. The lowest BCUT2D eigenvalue weighted by Crippen LogP contribution is -2.20. The summed E-state index contributed by atoms with van der Waals surface area (Å²) in [6, 6.07) is 20.3. The van der Waals surface area contributed by atoms with Crippen molar-refractivity contribution in [2.45, 2.75) is 33.9 Å². The number of rotatable bonds is 6. The number of halogens is 1. The first-order valence-electron chi connectivity index (χ1n) is 11.4. The first kappa shape index (κ1) is 23.0. The van der Waals surface area contributed by atoms with Crippen LogP contribution in [-0.4, -0.2) is 30.5 Å². The molecule has 5 aromatic rings. The van der Waals surface area contributed by atoms with Crippen LogP contribution in [0.25, 0.3) is 22.2 Å². The number of nitrogens with zero attached hydrogens (tertiary/aromatic N) is 5. The van der Waals surface area contributed by atoms with Gasteiger partial charge in [0.05, 0.1) is 12.2 Å². The second-order valence-corrected chi connectivity index (χ2v) is 9.59. The molecule has 0 aliphatic rings. The lowest BCUT2D eigenvalue weighted by Gasteiger charge is -2.06. The molecular weight excluding hydrogens is 504 g/mol. The van der Waals surface area contributed by atoms with Crippen molar-refractivity contribution >= 4 is 38.7 Å². The first-order chi connectivity index (χ1) is 16.9. The normalized spacial score (nSPS) is 11.2. The molecule has 0 spiro atoms. The molecule has 0 radical (unpaired) electrons. The molecule has 0 unspecified atom stereocenters. The topological polar surface area (TPSA) is 77.6 Å². The summed E-state index contributed by atoms with van der Waals surface area (Å²) in [5, 5.41) is 13.1. The van der Waals surface area contributed by atoms with Crippen LogP contribution in [0.1, 0.15) is 22.5 Å². The van der Waals surface area contributed by atoms with Crippen LogP contribution in [-0.2, 0) is 17.9 Å². The molecule has 0 aliphatic carbocycles. The predicted molar refractivity (Wildman–Crippen MR) is 141 cm³/mol. The molecule has 0 fully saturated rings. The number of hydrogen-bond donors (Lipinski definition) is 1. The van der Waals surface area contributed by atoms with Crippen LogP contribution in [0.3, 0.4) is 0 Å². The molecule has 0 saturated heterocycles. The van der Waals surface area contributed by atoms with Gasteiger partial charge in [0.15, 0.2) is 11.5 Å². The summed E-state index contributed by atoms with van der Waals surface area (Å²) in [5.74, 6) is 0.316. The highest BCUT2D eigenvalue weighted by Crippen LogP contribution is 2.30. The summed E-state index contributed by atoms with van der Waals surface area (Å²) in [6.07, 6.45) is 1.76. The monoisotopic (exact) mass is 528 g/mol. The van der Waals surface area contributed by atoms with Crippen molar-refractivity contribution in [2.75, 3.05) is 5.32 Å². The van der Waals surface area contributed by atoms with Gasteiger partial charge < -0.3 is 5.32 Å². The summed E-state index contributed by atoms with van der Waals surface area (Å²) < 4.78 is 4.57. The Morgan fingerprint density at radius 2 is 1.69 bits per heavy atom. The molecule has 0 atom stereocenters. The van der Waals surface area contributed by atoms with Crippen LogP contribution in [0.4, 0.5) is 5.82 Å². The SMILES string of the molecule is Cc1ccc(-c2ccnc3c2c(C)nn3CC(=O)Nc2cc(C)n(Cc3ccc(Br)cc3)n2)cc1. The smallest absolute Gasteiger partial charge is 0.247 e. The van der Waals surface area contributed by atoms with Crippen LogP contribution >= 0.6 is 15.9 Å². The van der Waals surface area contributed by atoms with Gasteiger partial charge in [-0.25, -0.2) is 9.67 Å². The Labute approximate surface area is 211 Å². The van der Waals surface area contributed by atoms with E-state index in [4.69, 9.17) is 0 Å². The lowest BCUT2D eigenvalue weighted by molar-refractivity contribution is -0.116. The molecule has 1 N–H and O–H groups in total. The van der Waals surface area contributed by atoms with Gasteiger partial charge >= 0.3 is 0 Å². The van der Waals surface area contributed by atoms with Gasteiger partial charge in [0.2, 0.25) is 5.91 Å². The fourth-order valence-corrected chi connectivity index (χ4v) is 4.44. The van der Waals surface area contributed by atoms with Crippen LogP contribution in [0.5, 0.6) is 0 Å². The number of aromatic nitrogens is 5. The molecule has 1 amide bonds. The highest BCUT2D eigenvalue weighted by atomic mass is 79.9. The Kier molecular flexibility index (Phi) is 6.21. The molecule has 5 rings (SSSR count). The standard InChI is InChI=1S/C27H25BrN6O/c1-17-4-8-21(9-5-17)23-12-13-29-27-26(23)19(3)31-34(27)16-25(35)30-24-14-18(2)33(32-24)15-20-6-10-22(28)11-7-20/h4-14H,15-16H2,1-3H3,(H,30,32,35). The largest absolute Gasteiger partial charge is 0.308 e. The maximum atomic E-state index is 12.9. The van der Waals surface area contributed by atoms with E-state index >= 15 is 0 Å². The number of carbonyl (C=O) groups is 1. The molecule has 0 saturated carbocycles. The third-order valence-corrected chi connectivity index (χ3v) is 6.49. The molecule has 7 nitrogen and oxygen atoms in total. The second-order valence-electron chi connectivity index (χ2n) is 8.67. The van der Waals surface area contributed by atoms with Crippen molar-refractivity contribution in [1.29, 1.82) is 0 Å². The molecule has 3 heterocycles. The number of nitrogens with one attached hydrogen (secondary N) is 1. The van der Waals surface area contributed by atoms with Crippen molar-refractivity contribution in [1.82, 2.24) is 24.5 Å². The summed E-state index contributed by atoms with van der Waals surface area (Å²) in [4.78, 5) is 17.4. The van der Waals surface area contributed by atoms with E-state index in [2.05, 4.69) is 67.6 Å². The van der Waals surface area contributed by atoms with Crippen molar-refractivity contribution in [3.05, 3.63) is 93.8 Å². The van der Waals surface area contributed by atoms with E-state index in [0.29, 0.717) is 18.0 Å². The average Bonchev–Trinajstić information content (AvgIpc) is 3.34. The summed E-state index contributed by atoms with van der Waals surface area (Å²) in [6.45, 7) is 6.67. The summed E-state index contributed by atoms with van der Waals surface area (Å²) >= 11 is 3.46. The van der Waals surface area contributed by atoms with Crippen LogP contribution < -0.4 is 5.32 Å². The fourth-order valence-electron chi connectivity index (χ4n) is 4.18. The molecule has 0 aliphatic heterocycles. The third kappa shape index (κ3) is 4.88. The molecule has 2 aromatic carbocycles. The molecule has 176 valence electrons.